The number of nitrogens with one attached hydrogen (secondary N) is 1. The van der Waals surface area contributed by atoms with Crippen LogP contribution >= 0.6 is 0 Å². The van der Waals surface area contributed by atoms with E-state index in [9.17, 15) is 0 Å². The van der Waals surface area contributed by atoms with E-state index in [0.717, 1.165) is 11.3 Å². The molecule has 20 heavy (non-hydrogen) atoms. The number of anilines is 1. The van der Waals surface area contributed by atoms with Crippen LogP contribution in [0, 0.1) is 11.3 Å². The first-order valence-corrected chi connectivity index (χ1v) is 6.07. The molecular formula is C15H15N3O2. The number of benzene rings is 1. The molecule has 0 bridgehead atoms. The van der Waals surface area contributed by atoms with Crippen molar-refractivity contribution in [2.24, 2.45) is 0 Å². The van der Waals surface area contributed by atoms with Gasteiger partial charge in [-0.15, -0.1) is 0 Å². The molecule has 0 aliphatic carbocycles. The zero-order valence-corrected chi connectivity index (χ0v) is 11.4. The molecule has 0 saturated heterocycles. The van der Waals surface area contributed by atoms with Gasteiger partial charge in [-0.25, -0.2) is 4.98 Å². The van der Waals surface area contributed by atoms with Crippen molar-refractivity contribution in [1.29, 1.82) is 5.26 Å². The molecule has 0 atom stereocenters. The minimum Gasteiger partial charge on any atom is -0.497 e. The molecule has 5 heteroatoms. The van der Waals surface area contributed by atoms with Crippen LogP contribution in [0.4, 0.5) is 5.69 Å². The summed E-state index contributed by atoms with van der Waals surface area (Å²) in [6.45, 7) is 0.568. The van der Waals surface area contributed by atoms with Gasteiger partial charge in [0.25, 0.3) is 0 Å². The predicted octanol–water partition coefficient (Wildman–Crippen LogP) is 2.58. The van der Waals surface area contributed by atoms with Gasteiger partial charge in [0, 0.05) is 24.9 Å². The van der Waals surface area contributed by atoms with E-state index in [-0.39, 0.29) is 0 Å². The van der Waals surface area contributed by atoms with Crippen molar-refractivity contribution < 1.29 is 9.47 Å². The van der Waals surface area contributed by atoms with Crippen molar-refractivity contribution >= 4 is 5.69 Å². The molecule has 0 saturated carbocycles. The summed E-state index contributed by atoms with van der Waals surface area (Å²) in [5.74, 6) is 1.28. The number of nitrogens with zero attached hydrogens (tertiary/aromatic N) is 2. The smallest absolute Gasteiger partial charge is 0.212 e. The summed E-state index contributed by atoms with van der Waals surface area (Å²) >= 11 is 0. The second kappa shape index (κ2) is 6.43. The highest BCUT2D eigenvalue weighted by molar-refractivity contribution is 5.60. The lowest BCUT2D eigenvalue weighted by atomic mass is 10.1. The Morgan fingerprint density at radius 1 is 1.20 bits per heavy atom. The monoisotopic (exact) mass is 269 g/mol. The number of hydrogen-bond donors (Lipinski definition) is 1. The summed E-state index contributed by atoms with van der Waals surface area (Å²) in [6, 6.07) is 11.2. The van der Waals surface area contributed by atoms with Gasteiger partial charge in [-0.2, -0.15) is 5.26 Å². The molecule has 1 aromatic heterocycles. The van der Waals surface area contributed by atoms with Crippen molar-refractivity contribution in [3.05, 3.63) is 47.7 Å². The molecule has 1 heterocycles. The van der Waals surface area contributed by atoms with E-state index in [1.807, 2.05) is 6.07 Å². The quantitative estimate of drug-likeness (QED) is 0.903. The maximum Gasteiger partial charge on any atom is 0.212 e. The third kappa shape index (κ3) is 3.18. The van der Waals surface area contributed by atoms with E-state index in [4.69, 9.17) is 14.7 Å². The number of nitriles is 1. The number of aromatic nitrogens is 1. The lowest BCUT2D eigenvalue weighted by molar-refractivity contribution is 0.397. The largest absolute Gasteiger partial charge is 0.497 e. The van der Waals surface area contributed by atoms with Crippen LogP contribution in [0.3, 0.4) is 0 Å². The van der Waals surface area contributed by atoms with Gasteiger partial charge in [-0.1, -0.05) is 6.07 Å². The summed E-state index contributed by atoms with van der Waals surface area (Å²) < 4.78 is 10.2. The molecule has 0 fully saturated rings. The molecule has 1 N–H and O–H groups in total. The van der Waals surface area contributed by atoms with Crippen LogP contribution in [0.1, 0.15) is 11.1 Å². The molecule has 2 rings (SSSR count). The predicted molar refractivity (Wildman–Crippen MR) is 75.8 cm³/mol. The zero-order chi connectivity index (χ0) is 14.4. The highest BCUT2D eigenvalue weighted by Crippen LogP contribution is 2.22. The average Bonchev–Trinajstić information content (AvgIpc) is 2.53. The Balaban J connectivity index is 2.11. The van der Waals surface area contributed by atoms with Crippen molar-refractivity contribution in [3.63, 3.8) is 0 Å². The Kier molecular flexibility index (Phi) is 4.40. The highest BCUT2D eigenvalue weighted by atomic mass is 16.5. The van der Waals surface area contributed by atoms with Gasteiger partial charge >= 0.3 is 0 Å². The highest BCUT2D eigenvalue weighted by Gasteiger charge is 2.04. The SMILES string of the molecule is COc1ccc(C#N)c(NCc2ccc(OC)nc2)c1. The molecule has 0 spiro atoms. The Hall–Kier alpha value is -2.74. The Bertz CT molecular complexity index is 618. The van der Waals surface area contributed by atoms with Crippen LogP contribution in [0.15, 0.2) is 36.5 Å². The van der Waals surface area contributed by atoms with E-state index < -0.39 is 0 Å². The van der Waals surface area contributed by atoms with Gasteiger partial charge < -0.3 is 14.8 Å². The number of ether oxygens (including phenoxy) is 2. The lowest BCUT2D eigenvalue weighted by Crippen LogP contribution is -2.02. The van der Waals surface area contributed by atoms with Gasteiger partial charge in [0.05, 0.1) is 25.5 Å². The molecule has 102 valence electrons. The zero-order valence-electron chi connectivity index (χ0n) is 11.4. The van der Waals surface area contributed by atoms with Crippen LogP contribution in [-0.2, 0) is 6.54 Å². The number of pyridine rings is 1. The maximum atomic E-state index is 9.09. The molecular weight excluding hydrogens is 254 g/mol. The van der Waals surface area contributed by atoms with E-state index in [1.165, 1.54) is 0 Å². The van der Waals surface area contributed by atoms with E-state index in [0.29, 0.717) is 23.7 Å². The van der Waals surface area contributed by atoms with Crippen molar-refractivity contribution in [3.8, 4) is 17.7 Å². The van der Waals surface area contributed by atoms with Crippen LogP contribution in [-0.4, -0.2) is 19.2 Å². The summed E-state index contributed by atoms with van der Waals surface area (Å²) in [4.78, 5) is 4.13. The minimum absolute atomic E-state index is 0.568. The Morgan fingerprint density at radius 3 is 2.65 bits per heavy atom. The first-order chi connectivity index (χ1) is 9.76. The summed E-state index contributed by atoms with van der Waals surface area (Å²) in [5.41, 5.74) is 2.31. The third-order valence-corrected chi connectivity index (χ3v) is 2.84. The second-order valence-corrected chi connectivity index (χ2v) is 4.09. The van der Waals surface area contributed by atoms with E-state index in [2.05, 4.69) is 16.4 Å². The van der Waals surface area contributed by atoms with E-state index >= 15 is 0 Å². The molecule has 2 aromatic rings. The summed E-state index contributed by atoms with van der Waals surface area (Å²) in [5, 5.41) is 12.3. The van der Waals surface area contributed by atoms with Gasteiger partial charge in [0.1, 0.15) is 11.8 Å². The average molecular weight is 269 g/mol. The third-order valence-electron chi connectivity index (χ3n) is 2.84. The first kappa shape index (κ1) is 13.7. The normalized spacial score (nSPS) is 9.65. The van der Waals surface area contributed by atoms with Gasteiger partial charge in [-0.3, -0.25) is 0 Å². The molecule has 0 unspecified atom stereocenters. The van der Waals surface area contributed by atoms with E-state index in [1.54, 1.807) is 44.7 Å². The molecule has 1 aromatic carbocycles. The molecule has 0 aliphatic rings. The topological polar surface area (TPSA) is 67.2 Å². The van der Waals surface area contributed by atoms with Crippen molar-refractivity contribution in [1.82, 2.24) is 4.98 Å². The van der Waals surface area contributed by atoms with Gasteiger partial charge in [0.2, 0.25) is 5.88 Å². The van der Waals surface area contributed by atoms with Crippen molar-refractivity contribution in [2.75, 3.05) is 19.5 Å². The first-order valence-electron chi connectivity index (χ1n) is 6.07. The fraction of sp³-hybridized carbons (Fsp3) is 0.200. The minimum atomic E-state index is 0.568. The van der Waals surface area contributed by atoms with Gasteiger partial charge in [-0.05, 0) is 17.7 Å². The number of methoxy groups -OCH3 is 2. The van der Waals surface area contributed by atoms with Crippen molar-refractivity contribution in [2.45, 2.75) is 6.54 Å². The Morgan fingerprint density at radius 2 is 2.05 bits per heavy atom. The van der Waals surface area contributed by atoms with Crippen LogP contribution in [0.5, 0.6) is 11.6 Å². The molecule has 5 nitrogen and oxygen atoms in total. The maximum absolute atomic E-state index is 9.09. The number of hydrogen-bond acceptors (Lipinski definition) is 5. The standard InChI is InChI=1S/C15H15N3O2/c1-19-13-5-4-12(8-16)14(7-13)17-9-11-3-6-15(20-2)18-10-11/h3-7,10,17H,9H2,1-2H3. The fourth-order valence-electron chi connectivity index (χ4n) is 1.73. The molecule has 0 radical (unpaired) electrons. The van der Waals surface area contributed by atoms with Crippen LogP contribution in [0.25, 0.3) is 0 Å². The van der Waals surface area contributed by atoms with Gasteiger partial charge in [0.15, 0.2) is 0 Å². The number of rotatable bonds is 5. The summed E-state index contributed by atoms with van der Waals surface area (Å²) in [7, 11) is 3.17. The fourth-order valence-corrected chi connectivity index (χ4v) is 1.73. The Labute approximate surface area is 117 Å². The molecule has 0 aliphatic heterocycles. The molecule has 0 amide bonds. The summed E-state index contributed by atoms with van der Waals surface area (Å²) in [6.07, 6.45) is 1.73. The van der Waals surface area contributed by atoms with Crippen LogP contribution < -0.4 is 14.8 Å². The second-order valence-electron chi connectivity index (χ2n) is 4.09. The van der Waals surface area contributed by atoms with Crippen LogP contribution in [0.2, 0.25) is 0 Å². The lowest BCUT2D eigenvalue weighted by Gasteiger charge is -2.10.